The van der Waals surface area contributed by atoms with E-state index in [2.05, 4.69) is 31.0 Å². The number of phenolic OH excluding ortho intramolecular Hbond substituents is 1. The van der Waals surface area contributed by atoms with Gasteiger partial charge in [-0.25, -0.2) is 8.78 Å². The van der Waals surface area contributed by atoms with E-state index in [0.717, 1.165) is 58.0 Å². The van der Waals surface area contributed by atoms with E-state index in [9.17, 15) is 14.6 Å². The van der Waals surface area contributed by atoms with Crippen LogP contribution in [0.1, 0.15) is 64.4 Å². The topological polar surface area (TPSA) is 107 Å². The third-order valence-electron chi connectivity index (χ3n) is 9.89. The maximum atomic E-state index is 16.8. The zero-order valence-corrected chi connectivity index (χ0v) is 27.7. The number of aromatic nitrogens is 3. The van der Waals surface area contributed by atoms with Crippen molar-refractivity contribution in [2.24, 2.45) is 0 Å². The van der Waals surface area contributed by atoms with E-state index in [0.29, 0.717) is 42.8 Å². The van der Waals surface area contributed by atoms with Crippen LogP contribution < -0.4 is 15.0 Å². The molecule has 11 heteroatoms. The monoisotopic (exact) mass is 658 g/mol. The zero-order valence-electron chi connectivity index (χ0n) is 27.7. The van der Waals surface area contributed by atoms with Gasteiger partial charge in [0.25, 0.3) is 0 Å². The minimum atomic E-state index is -0.735. The maximum absolute atomic E-state index is 16.8. The molecule has 1 atom stereocenters. The van der Waals surface area contributed by atoms with Crippen LogP contribution in [0.3, 0.4) is 0 Å². The average Bonchev–Trinajstić information content (AvgIpc) is 3.69. The lowest BCUT2D eigenvalue weighted by Crippen LogP contribution is -2.51. The van der Waals surface area contributed by atoms with Crippen LogP contribution in [-0.2, 0) is 0 Å². The number of hydrogen-bond donors (Lipinski definition) is 3. The molecule has 254 valence electrons. The van der Waals surface area contributed by atoms with Crippen LogP contribution in [0.15, 0.2) is 30.5 Å². The first-order valence-electron chi connectivity index (χ1n) is 17.2. The molecule has 2 aromatic heterocycles. The molecule has 0 bridgehead atoms. The van der Waals surface area contributed by atoms with Crippen molar-refractivity contribution in [1.82, 2.24) is 25.2 Å². The van der Waals surface area contributed by atoms with Crippen molar-refractivity contribution in [2.75, 3.05) is 50.8 Å². The predicted molar refractivity (Wildman–Crippen MR) is 184 cm³/mol. The Hall–Kier alpha value is -4.11. The fourth-order valence-electron chi connectivity index (χ4n) is 7.64. The van der Waals surface area contributed by atoms with E-state index in [1.165, 1.54) is 30.5 Å². The number of rotatable bonds is 9. The summed E-state index contributed by atoms with van der Waals surface area (Å²) in [5.41, 5.74) is 0.00398. The van der Waals surface area contributed by atoms with Crippen molar-refractivity contribution in [1.29, 1.82) is 0 Å². The van der Waals surface area contributed by atoms with E-state index in [1.807, 2.05) is 13.8 Å². The summed E-state index contributed by atoms with van der Waals surface area (Å²) in [7, 11) is 0. The number of nitrogens with zero attached hydrogens (tertiary/aromatic N) is 5. The number of aliphatic hydroxyl groups is 1. The predicted octanol–water partition coefficient (Wildman–Crippen LogP) is 5.78. The highest BCUT2D eigenvalue weighted by Crippen LogP contribution is 2.41. The van der Waals surface area contributed by atoms with Crippen molar-refractivity contribution in [3.63, 3.8) is 0 Å². The van der Waals surface area contributed by atoms with Gasteiger partial charge in [0.1, 0.15) is 35.2 Å². The lowest BCUT2D eigenvalue weighted by atomic mass is 9.95. The largest absolute Gasteiger partial charge is 0.508 e. The molecule has 0 radical (unpaired) electrons. The fraction of sp³-hybridized carbons (Fsp3) is 0.486. The zero-order chi connectivity index (χ0) is 33.8. The van der Waals surface area contributed by atoms with E-state index in [1.54, 1.807) is 0 Å². The third-order valence-corrected chi connectivity index (χ3v) is 9.89. The molecule has 3 saturated heterocycles. The SMILES string of the molecule is C#Cc1c(F)ccc2cc(O)cc(-c3ncc4c(N5CCNC(CCCCO)C5)nc(OCC56CCCN5CCC6)nc4c3F)c12.CC. The molecule has 3 aliphatic rings. The highest BCUT2D eigenvalue weighted by molar-refractivity contribution is 6.03. The van der Waals surface area contributed by atoms with Gasteiger partial charge >= 0.3 is 6.01 Å². The number of halogens is 2. The molecule has 0 amide bonds. The first kappa shape index (κ1) is 33.8. The summed E-state index contributed by atoms with van der Waals surface area (Å²) in [6.45, 7) is 8.67. The van der Waals surface area contributed by atoms with Crippen LogP contribution in [-0.4, -0.2) is 87.6 Å². The first-order valence-corrected chi connectivity index (χ1v) is 17.2. The second kappa shape index (κ2) is 14.6. The molecule has 3 N–H and O–H groups in total. The number of fused-ring (bicyclic) bond motifs is 3. The number of anilines is 1. The van der Waals surface area contributed by atoms with Gasteiger partial charge in [0.15, 0.2) is 5.82 Å². The summed E-state index contributed by atoms with van der Waals surface area (Å²) in [5.74, 6) is 1.44. The van der Waals surface area contributed by atoms with E-state index >= 15 is 4.39 Å². The lowest BCUT2D eigenvalue weighted by Gasteiger charge is -2.35. The van der Waals surface area contributed by atoms with Gasteiger partial charge in [-0.05, 0) is 81.6 Å². The van der Waals surface area contributed by atoms with Crippen LogP contribution in [0.25, 0.3) is 32.9 Å². The third kappa shape index (κ3) is 6.37. The van der Waals surface area contributed by atoms with Gasteiger partial charge in [-0.15, -0.1) is 6.42 Å². The summed E-state index contributed by atoms with van der Waals surface area (Å²) < 4.78 is 38.0. The van der Waals surface area contributed by atoms with Crippen LogP contribution in [0, 0.1) is 24.0 Å². The smallest absolute Gasteiger partial charge is 0.319 e. The number of hydrogen-bond acceptors (Lipinski definition) is 9. The van der Waals surface area contributed by atoms with Crippen molar-refractivity contribution in [3.05, 3.63) is 47.7 Å². The van der Waals surface area contributed by atoms with Crippen molar-refractivity contribution in [2.45, 2.75) is 70.4 Å². The second-order valence-electron chi connectivity index (χ2n) is 12.7. The first-order chi connectivity index (χ1) is 23.4. The standard InChI is InChI=1S/C35H38F2N6O3.C2H6/c1-2-25-28(36)9-8-22-17-24(45)18-26(29(22)25)31-30(37)32-27(19-39-31)33(42-15-12-38-23(20-42)7-3-4-16-44)41-34(40-32)46-21-35-10-5-13-43(35)14-6-11-35;1-2/h1,8-9,17-19,23,38,44-45H,3-7,10-16,20-21H2;1-2H3. The Kier molecular flexibility index (Phi) is 10.2. The molecule has 9 nitrogen and oxygen atoms in total. The Bertz CT molecular complexity index is 1820. The lowest BCUT2D eigenvalue weighted by molar-refractivity contribution is 0.108. The van der Waals surface area contributed by atoms with Gasteiger partial charge in [0.2, 0.25) is 0 Å². The van der Waals surface area contributed by atoms with Crippen LogP contribution in [0.4, 0.5) is 14.6 Å². The molecular weight excluding hydrogens is 614 g/mol. The highest BCUT2D eigenvalue weighted by Gasteiger charge is 2.45. The number of aliphatic hydroxyl groups excluding tert-OH is 1. The summed E-state index contributed by atoms with van der Waals surface area (Å²) in [6.07, 6.45) is 14.1. The molecule has 7 rings (SSSR count). The minimum absolute atomic E-state index is 0.0303. The van der Waals surface area contributed by atoms with Crippen LogP contribution >= 0.6 is 0 Å². The van der Waals surface area contributed by atoms with Gasteiger partial charge in [-0.2, -0.15) is 9.97 Å². The number of piperazine rings is 1. The number of aromatic hydroxyl groups is 1. The van der Waals surface area contributed by atoms with Crippen molar-refractivity contribution in [3.8, 4) is 35.4 Å². The van der Waals surface area contributed by atoms with E-state index < -0.39 is 11.6 Å². The molecule has 5 heterocycles. The quantitative estimate of drug-likeness (QED) is 0.152. The summed E-state index contributed by atoms with van der Waals surface area (Å²) in [6, 6.07) is 5.80. The Morgan fingerprint density at radius 2 is 1.90 bits per heavy atom. The molecule has 1 unspecified atom stereocenters. The van der Waals surface area contributed by atoms with E-state index in [-0.39, 0.29) is 57.7 Å². The van der Waals surface area contributed by atoms with Crippen LogP contribution in [0.2, 0.25) is 0 Å². The fourth-order valence-corrected chi connectivity index (χ4v) is 7.64. The number of ether oxygens (including phenoxy) is 1. The second-order valence-corrected chi connectivity index (χ2v) is 12.7. The molecule has 0 saturated carbocycles. The number of phenols is 1. The molecule has 48 heavy (non-hydrogen) atoms. The number of nitrogens with one attached hydrogen (secondary N) is 1. The Balaban J connectivity index is 0.00000197. The molecule has 2 aromatic carbocycles. The van der Waals surface area contributed by atoms with Crippen molar-refractivity contribution >= 4 is 27.5 Å². The van der Waals surface area contributed by atoms with Gasteiger partial charge in [0.05, 0.1) is 16.5 Å². The minimum Gasteiger partial charge on any atom is -0.508 e. The van der Waals surface area contributed by atoms with Gasteiger partial charge < -0.3 is 25.2 Å². The van der Waals surface area contributed by atoms with Gasteiger partial charge in [-0.1, -0.05) is 25.8 Å². The molecule has 4 aromatic rings. The molecule has 3 fully saturated rings. The summed E-state index contributed by atoms with van der Waals surface area (Å²) in [4.78, 5) is 18.6. The molecule has 0 spiro atoms. The van der Waals surface area contributed by atoms with Crippen molar-refractivity contribution < 1.29 is 23.7 Å². The van der Waals surface area contributed by atoms with Gasteiger partial charge in [-0.3, -0.25) is 9.88 Å². The highest BCUT2D eigenvalue weighted by atomic mass is 19.1. The maximum Gasteiger partial charge on any atom is 0.319 e. The number of pyridine rings is 1. The number of unbranched alkanes of at least 4 members (excludes halogenated alkanes) is 1. The van der Waals surface area contributed by atoms with Crippen LogP contribution in [0.5, 0.6) is 11.8 Å². The number of terminal acetylenes is 1. The number of benzene rings is 2. The van der Waals surface area contributed by atoms with E-state index in [4.69, 9.17) is 16.1 Å². The Morgan fingerprint density at radius 1 is 1.10 bits per heavy atom. The summed E-state index contributed by atoms with van der Waals surface area (Å²) >= 11 is 0. The normalized spacial score (nSPS) is 18.8. The molecule has 0 aliphatic carbocycles. The molecule has 3 aliphatic heterocycles. The Labute approximate surface area is 280 Å². The average molecular weight is 659 g/mol. The molecular formula is C37H44F2N6O3. The summed E-state index contributed by atoms with van der Waals surface area (Å²) in [5, 5.41) is 24.5. The Morgan fingerprint density at radius 3 is 2.65 bits per heavy atom. The van der Waals surface area contributed by atoms with Gasteiger partial charge in [0, 0.05) is 49.4 Å².